The number of amides is 1. The molecule has 0 bridgehead atoms. The van der Waals surface area contributed by atoms with Crippen molar-refractivity contribution in [3.63, 3.8) is 0 Å². The molecule has 73 heavy (non-hydrogen) atoms. The van der Waals surface area contributed by atoms with Crippen LogP contribution in [0.5, 0.6) is 17.2 Å². The molecule has 1 amide bonds. The van der Waals surface area contributed by atoms with Gasteiger partial charge in [0.05, 0.1) is 5.56 Å². The minimum atomic E-state index is -4.62. The standard InChI is InChI=1S/C65H58F3NO4/c1-4-5-6-7-40-8-10-41(11-9-40)42-12-14-43(15-13-42)44-16-18-46(19-17-44)62(72)69-51-28-20-45(21-29-51)47-22-35-58-57(38-47)59-54-34-27-50(65(66,67)68)39-56(54)61-55(60(59)63(58,2)3)36-37-64(73-61,48-23-30-52(70)31-24-48)49-25-32-53(71)33-26-49/h12-41,70-71H,4-11H2,1-3H3,(H,69,72). The van der Waals surface area contributed by atoms with E-state index < -0.39 is 22.8 Å². The summed E-state index contributed by atoms with van der Waals surface area (Å²) in [6.07, 6.45) is 9.84. The number of phenols is 2. The van der Waals surface area contributed by atoms with Crippen molar-refractivity contribution in [2.45, 2.75) is 95.2 Å². The highest BCUT2D eigenvalue weighted by Crippen LogP contribution is 2.59. The van der Waals surface area contributed by atoms with Crippen LogP contribution >= 0.6 is 0 Å². The van der Waals surface area contributed by atoms with Gasteiger partial charge in [-0.15, -0.1) is 0 Å². The summed E-state index contributed by atoms with van der Waals surface area (Å²) in [6.45, 7) is 6.54. The third-order valence-electron chi connectivity index (χ3n) is 16.0. The molecule has 368 valence electrons. The lowest BCUT2D eigenvalue weighted by atomic mass is 9.76. The van der Waals surface area contributed by atoms with Gasteiger partial charge in [0.15, 0.2) is 5.60 Å². The molecule has 0 aromatic heterocycles. The number of alkyl halides is 3. The smallest absolute Gasteiger partial charge is 0.416 e. The minimum absolute atomic E-state index is 0.0537. The summed E-state index contributed by atoms with van der Waals surface area (Å²) < 4.78 is 51.0. The van der Waals surface area contributed by atoms with Crippen molar-refractivity contribution >= 4 is 28.4 Å². The molecule has 1 fully saturated rings. The molecule has 0 saturated heterocycles. The van der Waals surface area contributed by atoms with Gasteiger partial charge in [-0.05, 0) is 166 Å². The maximum absolute atomic E-state index is 14.6. The summed E-state index contributed by atoms with van der Waals surface area (Å²) in [7, 11) is 0. The van der Waals surface area contributed by atoms with E-state index in [1.54, 1.807) is 54.6 Å². The van der Waals surface area contributed by atoms with Gasteiger partial charge in [-0.1, -0.05) is 144 Å². The van der Waals surface area contributed by atoms with E-state index in [0.717, 1.165) is 56.5 Å². The number of unbranched alkanes of at least 4 members (excludes halogenated alkanes) is 2. The molecule has 1 saturated carbocycles. The summed E-state index contributed by atoms with van der Waals surface area (Å²) in [5.74, 6) is 1.74. The van der Waals surface area contributed by atoms with Crippen LogP contribution in [-0.2, 0) is 17.2 Å². The second-order valence-electron chi connectivity index (χ2n) is 20.8. The molecule has 0 spiro atoms. The molecular weight excluding hydrogens is 916 g/mol. The zero-order valence-corrected chi connectivity index (χ0v) is 41.3. The van der Waals surface area contributed by atoms with Crippen LogP contribution in [-0.4, -0.2) is 16.1 Å². The van der Waals surface area contributed by atoms with Crippen LogP contribution in [0.3, 0.4) is 0 Å². The molecule has 0 unspecified atom stereocenters. The number of halogens is 3. The van der Waals surface area contributed by atoms with E-state index in [2.05, 4.69) is 68.6 Å². The Morgan fingerprint density at radius 3 is 1.88 bits per heavy atom. The molecule has 0 radical (unpaired) electrons. The molecule has 0 atom stereocenters. The molecule has 8 heteroatoms. The zero-order valence-electron chi connectivity index (χ0n) is 41.3. The predicted octanol–water partition coefficient (Wildman–Crippen LogP) is 17.4. The first-order chi connectivity index (χ1) is 35.2. The summed E-state index contributed by atoms with van der Waals surface area (Å²) in [4.78, 5) is 13.5. The monoisotopic (exact) mass is 973 g/mol. The molecule has 3 N–H and O–H groups in total. The van der Waals surface area contributed by atoms with Crippen LogP contribution in [0.2, 0.25) is 0 Å². The number of ether oxygens (including phenoxy) is 1. The van der Waals surface area contributed by atoms with Crippen molar-refractivity contribution in [1.82, 2.24) is 0 Å². The second-order valence-corrected chi connectivity index (χ2v) is 20.8. The normalized spacial score (nSPS) is 17.3. The number of carbonyl (C=O) groups excluding carboxylic acids is 1. The lowest BCUT2D eigenvalue weighted by molar-refractivity contribution is -0.137. The number of rotatable bonds is 11. The number of aromatic hydroxyl groups is 2. The highest BCUT2D eigenvalue weighted by atomic mass is 19.4. The van der Waals surface area contributed by atoms with Crippen molar-refractivity contribution in [3.05, 3.63) is 208 Å². The molecule has 3 aliphatic rings. The Bertz CT molecular complexity index is 3340. The maximum Gasteiger partial charge on any atom is 0.416 e. The van der Waals surface area contributed by atoms with Crippen molar-refractivity contribution in [2.75, 3.05) is 5.32 Å². The molecular formula is C65H58F3NO4. The Kier molecular flexibility index (Phi) is 12.3. The predicted molar refractivity (Wildman–Crippen MR) is 287 cm³/mol. The van der Waals surface area contributed by atoms with Crippen LogP contribution in [0, 0.1) is 5.92 Å². The van der Waals surface area contributed by atoms with Crippen LogP contribution in [0.15, 0.2) is 164 Å². The molecule has 1 heterocycles. The summed E-state index contributed by atoms with van der Waals surface area (Å²) >= 11 is 0. The van der Waals surface area contributed by atoms with Crippen LogP contribution in [0.1, 0.15) is 127 Å². The average molecular weight is 974 g/mol. The largest absolute Gasteiger partial charge is 0.508 e. The highest BCUT2D eigenvalue weighted by molar-refractivity contribution is 6.09. The van der Waals surface area contributed by atoms with Crippen LogP contribution in [0.4, 0.5) is 18.9 Å². The molecule has 1 aliphatic heterocycles. The van der Waals surface area contributed by atoms with Crippen molar-refractivity contribution in [3.8, 4) is 50.6 Å². The Morgan fingerprint density at radius 1 is 0.671 bits per heavy atom. The van der Waals surface area contributed by atoms with E-state index in [1.807, 2.05) is 60.7 Å². The quantitative estimate of drug-likeness (QED) is 0.113. The maximum atomic E-state index is 14.6. The Hall–Kier alpha value is -7.58. The van der Waals surface area contributed by atoms with Gasteiger partial charge in [0.25, 0.3) is 5.91 Å². The highest BCUT2D eigenvalue weighted by Gasteiger charge is 2.45. The lowest BCUT2D eigenvalue weighted by Crippen LogP contribution is -2.35. The number of phenolic OH excluding ortho intramolecular Hbond substituents is 2. The van der Waals surface area contributed by atoms with Gasteiger partial charge >= 0.3 is 6.18 Å². The van der Waals surface area contributed by atoms with E-state index in [9.17, 15) is 28.2 Å². The molecule has 5 nitrogen and oxygen atoms in total. The number of benzene rings is 8. The fraction of sp³-hybridized carbons (Fsp3) is 0.246. The lowest BCUT2D eigenvalue weighted by Gasteiger charge is -2.38. The molecule has 8 aromatic carbocycles. The van der Waals surface area contributed by atoms with Crippen molar-refractivity contribution < 1.29 is 32.9 Å². The fourth-order valence-corrected chi connectivity index (χ4v) is 11.9. The van der Waals surface area contributed by atoms with E-state index in [4.69, 9.17) is 4.74 Å². The summed E-state index contributed by atoms with van der Waals surface area (Å²) in [6, 6.07) is 47.7. The molecule has 8 aromatic rings. The first kappa shape index (κ1) is 47.7. The third kappa shape index (κ3) is 8.85. The Morgan fingerprint density at radius 2 is 1.26 bits per heavy atom. The van der Waals surface area contributed by atoms with E-state index in [1.165, 1.54) is 63.0 Å². The second kappa shape index (κ2) is 18.8. The fourth-order valence-electron chi connectivity index (χ4n) is 11.9. The molecule has 2 aliphatic carbocycles. The number of hydrogen-bond acceptors (Lipinski definition) is 4. The first-order valence-corrected chi connectivity index (χ1v) is 25.7. The van der Waals surface area contributed by atoms with Gasteiger partial charge in [-0.2, -0.15) is 13.2 Å². The van der Waals surface area contributed by atoms with Gasteiger partial charge in [-0.25, -0.2) is 0 Å². The van der Waals surface area contributed by atoms with Gasteiger partial charge < -0.3 is 20.3 Å². The van der Waals surface area contributed by atoms with Crippen LogP contribution < -0.4 is 10.1 Å². The van der Waals surface area contributed by atoms with Gasteiger partial charge in [0.2, 0.25) is 0 Å². The number of fused-ring (bicyclic) bond motifs is 8. The Labute approximate surface area is 425 Å². The van der Waals surface area contributed by atoms with Gasteiger partial charge in [-0.3, -0.25) is 4.79 Å². The number of carbonyl (C=O) groups is 1. The number of hydrogen-bond donors (Lipinski definition) is 3. The summed E-state index contributed by atoms with van der Waals surface area (Å²) in [5, 5.41) is 24.5. The zero-order chi connectivity index (χ0) is 50.6. The minimum Gasteiger partial charge on any atom is -0.508 e. The SMILES string of the molecule is CCCCCC1CCC(c2ccc(-c3ccc(C(=O)Nc4ccc(-c5ccc6c(c5)-c5c(c7c(c8cc(C(F)(F)F)ccc58)OC(c5ccc(O)cc5)(c5ccc(O)cc5)C=C7)C6(C)C)cc4)cc3)cc2)CC1. The van der Waals surface area contributed by atoms with Crippen LogP contribution in [0.25, 0.3) is 50.2 Å². The first-order valence-electron chi connectivity index (χ1n) is 25.7. The van der Waals surface area contributed by atoms with E-state index in [-0.39, 0.29) is 17.4 Å². The Balaban J connectivity index is 0.858. The average Bonchev–Trinajstić information content (AvgIpc) is 3.64. The van der Waals surface area contributed by atoms with E-state index >= 15 is 0 Å². The van der Waals surface area contributed by atoms with E-state index in [0.29, 0.717) is 50.4 Å². The van der Waals surface area contributed by atoms with Crippen molar-refractivity contribution in [1.29, 1.82) is 0 Å². The molecule has 11 rings (SSSR count). The number of nitrogens with one attached hydrogen (secondary N) is 1. The topological polar surface area (TPSA) is 78.8 Å². The van der Waals surface area contributed by atoms with Gasteiger partial charge in [0, 0.05) is 38.7 Å². The number of anilines is 1. The summed E-state index contributed by atoms with van der Waals surface area (Å²) in [5.41, 5.74) is 9.65. The third-order valence-corrected chi connectivity index (χ3v) is 16.0. The van der Waals surface area contributed by atoms with Crippen molar-refractivity contribution in [2.24, 2.45) is 5.92 Å². The van der Waals surface area contributed by atoms with Gasteiger partial charge in [0.1, 0.15) is 17.2 Å².